The zero-order valence-electron chi connectivity index (χ0n) is 21.9. The first-order chi connectivity index (χ1) is 19.2. The van der Waals surface area contributed by atoms with Crippen LogP contribution in [0.1, 0.15) is 19.4 Å². The molecular formula is C36H26N2S. The molecule has 0 fully saturated rings. The van der Waals surface area contributed by atoms with Gasteiger partial charge in [-0.3, -0.25) is 4.98 Å². The third-order valence-electron chi connectivity index (χ3n) is 7.77. The molecule has 0 saturated heterocycles. The molecule has 0 amide bonds. The Morgan fingerprint density at radius 1 is 0.974 bits per heavy atom. The Morgan fingerprint density at radius 3 is 2.67 bits per heavy atom. The van der Waals surface area contributed by atoms with Crippen LogP contribution in [0.4, 0.5) is 0 Å². The Morgan fingerprint density at radius 2 is 1.82 bits per heavy atom. The first kappa shape index (κ1) is 23.7. The van der Waals surface area contributed by atoms with Crippen molar-refractivity contribution in [2.45, 2.75) is 13.8 Å². The molecule has 39 heavy (non-hydrogen) atoms. The molecule has 2 atom stereocenters. The highest BCUT2D eigenvalue weighted by molar-refractivity contribution is 8.07. The number of aromatic nitrogens is 2. The Hall–Kier alpha value is -4.39. The highest BCUT2D eigenvalue weighted by Crippen LogP contribution is 2.54. The SMILES string of the molecule is C=CC1=C(C=CC)SC2=C(c3cccc(-c4cnc5c6c#cccc6c6ccccc6c5n4)c3)C=CC(C)C12. The zero-order valence-corrected chi connectivity index (χ0v) is 22.7. The largest absolute Gasteiger partial charge is 0.251 e. The Balaban J connectivity index is 1.38. The van der Waals surface area contributed by atoms with Crippen LogP contribution in [0.25, 0.3) is 49.4 Å². The topological polar surface area (TPSA) is 25.8 Å². The molecule has 4 aromatic carbocycles. The van der Waals surface area contributed by atoms with E-state index in [0.29, 0.717) is 11.8 Å². The highest BCUT2D eigenvalue weighted by atomic mass is 32.2. The maximum absolute atomic E-state index is 5.18. The number of hydrogen-bond donors (Lipinski definition) is 0. The van der Waals surface area contributed by atoms with Crippen LogP contribution in [0.5, 0.6) is 0 Å². The summed E-state index contributed by atoms with van der Waals surface area (Å²) < 4.78 is 0. The normalized spacial score (nSPS) is 18.9. The monoisotopic (exact) mass is 518 g/mol. The Kier molecular flexibility index (Phi) is 5.72. The highest BCUT2D eigenvalue weighted by Gasteiger charge is 2.35. The van der Waals surface area contributed by atoms with Gasteiger partial charge in [0.2, 0.25) is 0 Å². The minimum absolute atomic E-state index is 0.343. The molecule has 0 N–H and O–H groups in total. The summed E-state index contributed by atoms with van der Waals surface area (Å²) in [5, 5.41) is 4.34. The number of thioether (sulfide) groups is 1. The van der Waals surface area contributed by atoms with Crippen molar-refractivity contribution in [1.82, 2.24) is 9.97 Å². The maximum atomic E-state index is 5.18. The first-order valence-corrected chi connectivity index (χ1v) is 14.1. The van der Waals surface area contributed by atoms with Crippen molar-refractivity contribution in [2.75, 3.05) is 0 Å². The van der Waals surface area contributed by atoms with Crippen molar-refractivity contribution >= 4 is 49.9 Å². The molecule has 2 heterocycles. The van der Waals surface area contributed by atoms with E-state index in [0.717, 1.165) is 43.8 Å². The molecule has 1 aliphatic heterocycles. The fourth-order valence-electron chi connectivity index (χ4n) is 5.94. The van der Waals surface area contributed by atoms with Crippen LogP contribution >= 0.6 is 11.8 Å². The number of rotatable bonds is 4. The van der Waals surface area contributed by atoms with Gasteiger partial charge >= 0.3 is 0 Å². The fourth-order valence-corrected chi connectivity index (χ4v) is 7.47. The Labute approximate surface area is 233 Å². The van der Waals surface area contributed by atoms with E-state index in [1.807, 2.05) is 30.1 Å². The predicted octanol–water partition coefficient (Wildman–Crippen LogP) is 9.50. The number of nitrogens with zero attached hydrogens (tertiary/aromatic N) is 2. The third kappa shape index (κ3) is 3.75. The summed E-state index contributed by atoms with van der Waals surface area (Å²) in [6.07, 6.45) is 12.9. The van der Waals surface area contributed by atoms with Crippen molar-refractivity contribution in [3.8, 4) is 11.3 Å². The van der Waals surface area contributed by atoms with Gasteiger partial charge in [-0.2, -0.15) is 0 Å². The van der Waals surface area contributed by atoms with Crippen LogP contribution < -0.4 is 0 Å². The van der Waals surface area contributed by atoms with E-state index in [1.165, 1.54) is 26.5 Å². The van der Waals surface area contributed by atoms with Crippen LogP contribution in [-0.2, 0) is 0 Å². The summed E-state index contributed by atoms with van der Waals surface area (Å²) in [5.41, 5.74) is 7.47. The molecule has 1 aromatic heterocycles. The number of benzene rings is 3. The Bertz CT molecular complexity index is 1900. The van der Waals surface area contributed by atoms with Crippen LogP contribution in [-0.4, -0.2) is 9.97 Å². The smallest absolute Gasteiger partial charge is 0.106 e. The summed E-state index contributed by atoms with van der Waals surface area (Å²) in [6, 6.07) is 27.5. The molecule has 7 rings (SSSR count). The van der Waals surface area contributed by atoms with Gasteiger partial charge in [0, 0.05) is 32.1 Å². The molecule has 3 heteroatoms. The van der Waals surface area contributed by atoms with E-state index in [4.69, 9.17) is 9.97 Å². The maximum Gasteiger partial charge on any atom is 0.106 e. The standard InChI is InChI=1S/C36H26N2S/c1-4-11-32-25(5-2)33-22(3)18-19-26(36(33)39-32)23-12-10-13-24(20-23)31-21-37-34-29-16-8-6-14-27(29)28-15-7-9-17-30(28)35(34)38-31/h4-7,9-15,17-22,33H,2H2,1,3H3. The van der Waals surface area contributed by atoms with Gasteiger partial charge in [0.15, 0.2) is 0 Å². The minimum atomic E-state index is 0.343. The van der Waals surface area contributed by atoms with Gasteiger partial charge < -0.3 is 0 Å². The minimum Gasteiger partial charge on any atom is -0.251 e. The summed E-state index contributed by atoms with van der Waals surface area (Å²) in [7, 11) is 0. The second-order valence-corrected chi connectivity index (χ2v) is 11.2. The van der Waals surface area contributed by atoms with Crippen LogP contribution in [0.3, 0.4) is 0 Å². The average molecular weight is 519 g/mol. The van der Waals surface area contributed by atoms with Crippen molar-refractivity contribution < 1.29 is 0 Å². The first-order valence-electron chi connectivity index (χ1n) is 13.3. The summed E-state index contributed by atoms with van der Waals surface area (Å²) in [5.74, 6) is 0.772. The number of allylic oxidation sites excluding steroid dienone is 8. The van der Waals surface area contributed by atoms with Gasteiger partial charge in [0.25, 0.3) is 0 Å². The van der Waals surface area contributed by atoms with E-state index in [1.54, 1.807) is 0 Å². The van der Waals surface area contributed by atoms with E-state index < -0.39 is 0 Å². The van der Waals surface area contributed by atoms with E-state index in [2.05, 4.69) is 111 Å². The molecular weight excluding hydrogens is 492 g/mol. The summed E-state index contributed by atoms with van der Waals surface area (Å²) in [4.78, 5) is 12.8. The van der Waals surface area contributed by atoms with Crippen molar-refractivity contribution in [2.24, 2.45) is 11.8 Å². The molecule has 0 bridgehead atoms. The van der Waals surface area contributed by atoms with Gasteiger partial charge in [0.1, 0.15) is 5.52 Å². The van der Waals surface area contributed by atoms with Crippen molar-refractivity contribution in [3.05, 3.63) is 137 Å². The molecule has 2 nitrogen and oxygen atoms in total. The van der Waals surface area contributed by atoms with Crippen molar-refractivity contribution in [1.29, 1.82) is 0 Å². The van der Waals surface area contributed by atoms with Gasteiger partial charge in [0.05, 0.1) is 22.8 Å². The predicted molar refractivity (Wildman–Crippen MR) is 166 cm³/mol. The third-order valence-corrected chi connectivity index (χ3v) is 9.05. The molecule has 186 valence electrons. The van der Waals surface area contributed by atoms with E-state index >= 15 is 0 Å². The van der Waals surface area contributed by atoms with Gasteiger partial charge in [-0.05, 0) is 53.1 Å². The molecule has 1 aliphatic carbocycles. The zero-order chi connectivity index (χ0) is 26.5. The lowest BCUT2D eigenvalue weighted by molar-refractivity contribution is 0.585. The van der Waals surface area contributed by atoms with E-state index in [9.17, 15) is 0 Å². The lowest BCUT2D eigenvalue weighted by atomic mass is 9.80. The van der Waals surface area contributed by atoms with Crippen LogP contribution in [0.15, 0.2) is 119 Å². The molecule has 5 aromatic rings. The quantitative estimate of drug-likeness (QED) is 0.222. The second-order valence-electron chi connectivity index (χ2n) is 10.1. The number of fused-ring (bicyclic) bond motifs is 7. The second kappa shape index (κ2) is 9.42. The van der Waals surface area contributed by atoms with Crippen molar-refractivity contribution in [3.63, 3.8) is 0 Å². The van der Waals surface area contributed by atoms with Gasteiger partial charge in [-0.25, -0.2) is 4.98 Å². The average Bonchev–Trinajstić information content (AvgIpc) is 3.36. The van der Waals surface area contributed by atoms with Crippen LogP contribution in [0, 0.1) is 24.0 Å². The molecule has 0 spiro atoms. The van der Waals surface area contributed by atoms with Gasteiger partial charge in [-0.1, -0.05) is 110 Å². The number of hydrogen-bond acceptors (Lipinski definition) is 3. The molecule has 2 unspecified atom stereocenters. The molecule has 0 saturated carbocycles. The molecule has 2 aliphatic rings. The van der Waals surface area contributed by atoms with Crippen LogP contribution in [0.2, 0.25) is 0 Å². The summed E-state index contributed by atoms with van der Waals surface area (Å²) >= 11 is 1.88. The lowest BCUT2D eigenvalue weighted by Crippen LogP contribution is -2.14. The molecule has 0 radical (unpaired) electrons. The summed E-state index contributed by atoms with van der Waals surface area (Å²) in [6.45, 7) is 8.52. The van der Waals surface area contributed by atoms with E-state index in [-0.39, 0.29) is 0 Å². The van der Waals surface area contributed by atoms with Gasteiger partial charge in [-0.15, -0.1) is 0 Å². The lowest BCUT2D eigenvalue weighted by Gasteiger charge is -2.26. The fraction of sp³-hybridized carbons (Fsp3) is 0.111.